The number of aryl methyl sites for hydroxylation is 1. The Balaban J connectivity index is 0.00000300. The monoisotopic (exact) mass is 415 g/mol. The summed E-state index contributed by atoms with van der Waals surface area (Å²) < 4.78 is 0. The number of amides is 1. The van der Waals surface area contributed by atoms with Crippen LogP contribution in [0.4, 0.5) is 23.1 Å². The van der Waals surface area contributed by atoms with Crippen LogP contribution in [0.5, 0.6) is 0 Å². The number of halogens is 1. The fourth-order valence-corrected chi connectivity index (χ4v) is 3.38. The molecule has 1 amide bonds. The second-order valence-electron chi connectivity index (χ2n) is 7.00. The van der Waals surface area contributed by atoms with Crippen molar-refractivity contribution >= 4 is 41.5 Å². The molecule has 9 heteroatoms. The maximum Gasteiger partial charge on any atom is 0.229 e. The van der Waals surface area contributed by atoms with Gasteiger partial charge in [-0.1, -0.05) is 13.3 Å². The highest BCUT2D eigenvalue weighted by Crippen LogP contribution is 2.24. The molecular formula is C20H26ClN7O. The molecule has 1 aromatic heterocycles. The van der Waals surface area contributed by atoms with Crippen LogP contribution in [0.3, 0.4) is 0 Å². The van der Waals surface area contributed by atoms with Gasteiger partial charge in [0.1, 0.15) is 5.82 Å². The Kier molecular flexibility index (Phi) is 7.62. The van der Waals surface area contributed by atoms with Crippen molar-refractivity contribution in [3.63, 3.8) is 0 Å². The molecule has 2 heterocycles. The van der Waals surface area contributed by atoms with E-state index in [0.29, 0.717) is 22.9 Å². The first-order valence-corrected chi connectivity index (χ1v) is 9.44. The standard InChI is InChI=1S/C20H25N7O.ClH/c1-3-4-16-10-19(27-6-5-17(12-27)23-13(2)28)26-20(24-16)25-18-8-14(11-21)7-15(22)9-18;/h7-10,17H,3-6,12,22H2,1-2H3,(H,23,28)(H,24,25,26);1H. The highest BCUT2D eigenvalue weighted by Gasteiger charge is 2.24. The number of carbonyl (C=O) groups is 1. The minimum Gasteiger partial charge on any atom is -0.399 e. The van der Waals surface area contributed by atoms with Crippen LogP contribution in [-0.4, -0.2) is 35.0 Å². The molecule has 0 spiro atoms. The van der Waals surface area contributed by atoms with Gasteiger partial charge in [0, 0.05) is 49.2 Å². The Bertz CT molecular complexity index is 912. The van der Waals surface area contributed by atoms with Crippen LogP contribution >= 0.6 is 12.4 Å². The first kappa shape index (κ1) is 22.2. The smallest absolute Gasteiger partial charge is 0.229 e. The Hall–Kier alpha value is -3.05. The van der Waals surface area contributed by atoms with E-state index in [1.165, 1.54) is 6.92 Å². The van der Waals surface area contributed by atoms with E-state index in [2.05, 4.69) is 38.5 Å². The highest BCUT2D eigenvalue weighted by atomic mass is 35.5. The maximum atomic E-state index is 11.3. The van der Waals surface area contributed by atoms with Gasteiger partial charge in [-0.25, -0.2) is 4.98 Å². The molecule has 1 aliphatic rings. The van der Waals surface area contributed by atoms with Crippen molar-refractivity contribution in [1.29, 1.82) is 5.26 Å². The topological polar surface area (TPSA) is 120 Å². The van der Waals surface area contributed by atoms with Crippen LogP contribution in [0.1, 0.15) is 37.9 Å². The number of aromatic nitrogens is 2. The van der Waals surface area contributed by atoms with Gasteiger partial charge in [-0.2, -0.15) is 10.2 Å². The molecule has 1 atom stereocenters. The maximum absolute atomic E-state index is 11.3. The molecule has 1 aliphatic heterocycles. The number of carbonyl (C=O) groups excluding carboxylic acids is 1. The van der Waals surface area contributed by atoms with Gasteiger partial charge < -0.3 is 21.3 Å². The van der Waals surface area contributed by atoms with Crippen molar-refractivity contribution in [2.24, 2.45) is 0 Å². The van der Waals surface area contributed by atoms with Crippen LogP contribution in [-0.2, 0) is 11.2 Å². The summed E-state index contributed by atoms with van der Waals surface area (Å²) >= 11 is 0. The number of nitrogens with two attached hydrogens (primary N) is 1. The molecule has 3 rings (SSSR count). The van der Waals surface area contributed by atoms with Gasteiger partial charge in [0.05, 0.1) is 11.6 Å². The minimum absolute atomic E-state index is 0. The first-order valence-electron chi connectivity index (χ1n) is 9.44. The van der Waals surface area contributed by atoms with Crippen LogP contribution < -0.4 is 21.3 Å². The Morgan fingerprint density at radius 3 is 2.83 bits per heavy atom. The second kappa shape index (κ2) is 9.94. The van der Waals surface area contributed by atoms with E-state index in [-0.39, 0.29) is 24.4 Å². The van der Waals surface area contributed by atoms with Gasteiger partial charge in [-0.3, -0.25) is 4.79 Å². The average molecular weight is 416 g/mol. The molecule has 0 bridgehead atoms. The molecule has 1 aromatic carbocycles. The first-order chi connectivity index (χ1) is 13.5. The summed E-state index contributed by atoms with van der Waals surface area (Å²) in [6.07, 6.45) is 2.70. The van der Waals surface area contributed by atoms with E-state index in [9.17, 15) is 4.79 Å². The third-order valence-corrected chi connectivity index (χ3v) is 4.53. The summed E-state index contributed by atoms with van der Waals surface area (Å²) in [5, 5.41) is 15.3. The molecule has 8 nitrogen and oxygen atoms in total. The van der Waals surface area contributed by atoms with Gasteiger partial charge in [0.2, 0.25) is 11.9 Å². The number of hydrogen-bond donors (Lipinski definition) is 3. The zero-order valence-corrected chi connectivity index (χ0v) is 17.4. The predicted octanol–water partition coefficient (Wildman–Crippen LogP) is 2.76. The zero-order valence-electron chi connectivity index (χ0n) is 16.6. The summed E-state index contributed by atoms with van der Waals surface area (Å²) in [4.78, 5) is 22.7. The van der Waals surface area contributed by atoms with Gasteiger partial charge in [0.25, 0.3) is 0 Å². The van der Waals surface area contributed by atoms with Crippen molar-refractivity contribution in [2.45, 2.75) is 39.2 Å². The number of nitrogens with one attached hydrogen (secondary N) is 2. The summed E-state index contributed by atoms with van der Waals surface area (Å²) in [6, 6.07) is 9.32. The largest absolute Gasteiger partial charge is 0.399 e. The van der Waals surface area contributed by atoms with Crippen molar-refractivity contribution in [1.82, 2.24) is 15.3 Å². The lowest BCUT2D eigenvalue weighted by atomic mass is 10.2. The normalized spacial score (nSPS) is 15.3. The Morgan fingerprint density at radius 2 is 2.14 bits per heavy atom. The van der Waals surface area contributed by atoms with Gasteiger partial charge in [-0.05, 0) is 31.0 Å². The third kappa shape index (κ3) is 5.96. The number of hydrogen-bond acceptors (Lipinski definition) is 7. The summed E-state index contributed by atoms with van der Waals surface area (Å²) in [5.41, 5.74) is 8.48. The van der Waals surface area contributed by atoms with Crippen molar-refractivity contribution in [3.05, 3.63) is 35.5 Å². The second-order valence-corrected chi connectivity index (χ2v) is 7.00. The molecule has 2 aromatic rings. The number of benzene rings is 1. The van der Waals surface area contributed by atoms with Crippen molar-refractivity contribution in [3.8, 4) is 6.07 Å². The molecule has 0 aliphatic carbocycles. The fourth-order valence-electron chi connectivity index (χ4n) is 3.38. The van der Waals surface area contributed by atoms with Crippen molar-refractivity contribution < 1.29 is 4.79 Å². The lowest BCUT2D eigenvalue weighted by Crippen LogP contribution is -2.35. The van der Waals surface area contributed by atoms with Crippen LogP contribution in [0, 0.1) is 11.3 Å². The summed E-state index contributed by atoms with van der Waals surface area (Å²) in [5.74, 6) is 1.29. The average Bonchev–Trinajstić information content (AvgIpc) is 3.09. The quantitative estimate of drug-likeness (QED) is 0.620. The van der Waals surface area contributed by atoms with E-state index < -0.39 is 0 Å². The van der Waals surface area contributed by atoms with E-state index in [4.69, 9.17) is 11.0 Å². The number of nitrogen functional groups attached to an aromatic ring is 1. The molecule has 0 saturated carbocycles. The van der Waals surface area contributed by atoms with Gasteiger partial charge >= 0.3 is 0 Å². The molecular weight excluding hydrogens is 390 g/mol. The van der Waals surface area contributed by atoms with Crippen LogP contribution in [0.2, 0.25) is 0 Å². The highest BCUT2D eigenvalue weighted by molar-refractivity contribution is 5.85. The predicted molar refractivity (Wildman–Crippen MR) is 117 cm³/mol. The molecule has 4 N–H and O–H groups in total. The lowest BCUT2D eigenvalue weighted by Gasteiger charge is -2.19. The van der Waals surface area contributed by atoms with E-state index in [1.807, 2.05) is 6.07 Å². The summed E-state index contributed by atoms with van der Waals surface area (Å²) in [6.45, 7) is 5.19. The Morgan fingerprint density at radius 1 is 1.34 bits per heavy atom. The van der Waals surface area contributed by atoms with Gasteiger partial charge in [0.15, 0.2) is 0 Å². The van der Waals surface area contributed by atoms with Crippen molar-refractivity contribution in [2.75, 3.05) is 29.0 Å². The summed E-state index contributed by atoms with van der Waals surface area (Å²) in [7, 11) is 0. The number of anilines is 4. The van der Waals surface area contributed by atoms with Crippen LogP contribution in [0.15, 0.2) is 24.3 Å². The molecule has 0 radical (unpaired) electrons. The van der Waals surface area contributed by atoms with Gasteiger partial charge in [-0.15, -0.1) is 12.4 Å². The number of nitrogens with zero attached hydrogens (tertiary/aromatic N) is 4. The fraction of sp³-hybridized carbons (Fsp3) is 0.400. The third-order valence-electron chi connectivity index (χ3n) is 4.53. The molecule has 29 heavy (non-hydrogen) atoms. The van der Waals surface area contributed by atoms with E-state index >= 15 is 0 Å². The molecule has 1 saturated heterocycles. The molecule has 1 fully saturated rings. The number of rotatable bonds is 6. The SMILES string of the molecule is CCCc1cc(N2CCC(NC(C)=O)C2)nc(Nc2cc(N)cc(C#N)c2)n1.Cl. The zero-order chi connectivity index (χ0) is 20.1. The number of nitriles is 1. The van der Waals surface area contributed by atoms with Crippen LogP contribution in [0.25, 0.3) is 0 Å². The lowest BCUT2D eigenvalue weighted by molar-refractivity contribution is -0.119. The van der Waals surface area contributed by atoms with E-state index in [0.717, 1.165) is 43.9 Å². The van der Waals surface area contributed by atoms with E-state index in [1.54, 1.807) is 18.2 Å². The Labute approximate surface area is 176 Å². The molecule has 1 unspecified atom stereocenters. The molecule has 154 valence electrons. The minimum atomic E-state index is -0.0153.